The van der Waals surface area contributed by atoms with Gasteiger partial charge in [0.15, 0.2) is 5.11 Å². The Bertz CT molecular complexity index is 1660. The molecule has 1 saturated heterocycles. The van der Waals surface area contributed by atoms with Gasteiger partial charge in [-0.05, 0) is 54.7 Å². The number of anilines is 2. The summed E-state index contributed by atoms with van der Waals surface area (Å²) in [6.45, 7) is 0. The smallest absolute Gasteiger partial charge is 0.271 e. The molecule has 0 saturated carbocycles. The third-order valence-corrected chi connectivity index (χ3v) is 7.16. The van der Waals surface area contributed by atoms with Crippen LogP contribution in [0.2, 0.25) is 0 Å². The van der Waals surface area contributed by atoms with Crippen LogP contribution in [0.1, 0.15) is 23.5 Å². The number of methoxy groups -OCH3 is 1. The molecule has 1 fully saturated rings. The normalized spacial score (nSPS) is 17.1. The Morgan fingerprint density at radius 1 is 1.08 bits per heavy atom. The van der Waals surface area contributed by atoms with Crippen molar-refractivity contribution >= 4 is 44.4 Å². The van der Waals surface area contributed by atoms with E-state index in [2.05, 4.69) is 15.0 Å². The Labute approximate surface area is 230 Å². The Hall–Kier alpha value is -4.49. The molecule has 1 aliphatic heterocycles. The van der Waals surface area contributed by atoms with Crippen LogP contribution < -0.4 is 19.7 Å². The van der Waals surface area contributed by atoms with E-state index in [1.807, 2.05) is 46.0 Å². The van der Waals surface area contributed by atoms with Gasteiger partial charge >= 0.3 is 0 Å². The van der Waals surface area contributed by atoms with Gasteiger partial charge in [-0.25, -0.2) is 8.42 Å². The van der Waals surface area contributed by atoms with E-state index in [0.29, 0.717) is 27.9 Å². The first-order valence-electron chi connectivity index (χ1n) is 11.7. The number of aromatic nitrogens is 2. The minimum absolute atomic E-state index is 0.0240. The summed E-state index contributed by atoms with van der Waals surface area (Å²) >= 11 is 5.80. The number of nitrogens with zero attached hydrogens (tertiary/aromatic N) is 4. The lowest BCUT2D eigenvalue weighted by atomic mass is 10.0. The van der Waals surface area contributed by atoms with Crippen molar-refractivity contribution in [2.24, 2.45) is 0 Å². The molecule has 13 heteroatoms. The molecule has 0 bridgehead atoms. The molecule has 3 heterocycles. The third kappa shape index (κ3) is 5.26. The molecule has 0 aliphatic carbocycles. The average molecular weight is 565 g/mol. The monoisotopic (exact) mass is 564 g/mol. The number of sulfonamides is 1. The number of hydrogen-bond acceptors (Lipinski definition) is 7. The van der Waals surface area contributed by atoms with Gasteiger partial charge in [-0.15, -0.1) is 0 Å². The number of non-ortho nitro benzene ring substituents is 1. The van der Waals surface area contributed by atoms with Gasteiger partial charge in [0.2, 0.25) is 10.0 Å². The molecule has 4 aromatic rings. The number of hydrogen-bond donors (Lipinski definition) is 2. The van der Waals surface area contributed by atoms with Crippen LogP contribution >= 0.6 is 12.2 Å². The van der Waals surface area contributed by atoms with Crippen LogP contribution in [0.5, 0.6) is 5.75 Å². The van der Waals surface area contributed by atoms with Crippen molar-refractivity contribution in [1.82, 2.24) is 14.9 Å². The fourth-order valence-electron chi connectivity index (χ4n) is 4.67. The third-order valence-electron chi connectivity index (χ3n) is 6.26. The van der Waals surface area contributed by atoms with E-state index >= 15 is 0 Å². The number of nitro groups is 1. The number of rotatable bonds is 8. The Morgan fingerprint density at radius 3 is 2.59 bits per heavy atom. The fourth-order valence-corrected chi connectivity index (χ4v) is 5.59. The maximum atomic E-state index is 11.8. The van der Waals surface area contributed by atoms with Gasteiger partial charge in [0.05, 0.1) is 41.4 Å². The Morgan fingerprint density at radius 2 is 1.90 bits per heavy atom. The number of thiocarbonyl (C=S) groups is 1. The standard InChI is InChI=1S/C26H24N6O5S2/c1-37-23-16-18(11-12-20(23)29-39(2,35)36)31-25(24(28-26(31)38)21-9-3-4-13-27-21)22-10-6-14-30(22)17-7-5-8-19(15-17)32(33)34/h3-16,24-25,29H,1-2H3,(H,28,38)/t24-,25+/m1/s1. The maximum absolute atomic E-state index is 11.8. The second-order valence-corrected chi connectivity index (χ2v) is 11.0. The Balaban J connectivity index is 1.65. The molecular formula is C26H24N6O5S2. The summed E-state index contributed by atoms with van der Waals surface area (Å²) < 4.78 is 33.5. The summed E-state index contributed by atoms with van der Waals surface area (Å²) in [6, 6.07) is 20.1. The highest BCUT2D eigenvalue weighted by Gasteiger charge is 2.42. The molecule has 2 N–H and O–H groups in total. The first-order valence-corrected chi connectivity index (χ1v) is 14.0. The second-order valence-electron chi connectivity index (χ2n) is 8.84. The predicted octanol–water partition coefficient (Wildman–Crippen LogP) is 4.34. The molecule has 39 heavy (non-hydrogen) atoms. The molecule has 2 atom stereocenters. The van der Waals surface area contributed by atoms with Crippen molar-refractivity contribution in [2.75, 3.05) is 23.0 Å². The summed E-state index contributed by atoms with van der Waals surface area (Å²) in [4.78, 5) is 17.5. The van der Waals surface area contributed by atoms with E-state index < -0.39 is 21.0 Å². The lowest BCUT2D eigenvalue weighted by Crippen LogP contribution is -2.30. The van der Waals surface area contributed by atoms with Gasteiger partial charge in [-0.1, -0.05) is 12.1 Å². The molecule has 1 aliphatic rings. The highest BCUT2D eigenvalue weighted by atomic mass is 32.2. The van der Waals surface area contributed by atoms with Crippen LogP contribution in [0.3, 0.4) is 0 Å². The fraction of sp³-hybridized carbons (Fsp3) is 0.154. The van der Waals surface area contributed by atoms with Crippen LogP contribution in [0, 0.1) is 10.1 Å². The highest BCUT2D eigenvalue weighted by molar-refractivity contribution is 7.92. The summed E-state index contributed by atoms with van der Waals surface area (Å²) in [5.41, 5.74) is 3.09. The summed E-state index contributed by atoms with van der Waals surface area (Å²) in [5.74, 6) is 0.315. The molecule has 0 spiro atoms. The van der Waals surface area contributed by atoms with Crippen molar-refractivity contribution in [1.29, 1.82) is 0 Å². The Kier molecular flexibility index (Phi) is 6.93. The van der Waals surface area contributed by atoms with Crippen LogP contribution in [0.15, 0.2) is 85.2 Å². The lowest BCUT2D eigenvalue weighted by Gasteiger charge is -2.29. The van der Waals surface area contributed by atoms with E-state index in [0.717, 1.165) is 17.6 Å². The van der Waals surface area contributed by atoms with Crippen LogP contribution in [0.4, 0.5) is 17.1 Å². The zero-order valence-electron chi connectivity index (χ0n) is 20.9. The summed E-state index contributed by atoms with van der Waals surface area (Å²) in [6.07, 6.45) is 4.60. The molecular weight excluding hydrogens is 540 g/mol. The first-order chi connectivity index (χ1) is 18.7. The van der Waals surface area contributed by atoms with E-state index in [1.54, 1.807) is 36.5 Å². The molecule has 5 rings (SSSR count). The molecule has 11 nitrogen and oxygen atoms in total. The van der Waals surface area contributed by atoms with Crippen LogP contribution in [-0.2, 0) is 10.0 Å². The van der Waals surface area contributed by atoms with E-state index in [4.69, 9.17) is 17.0 Å². The number of ether oxygens (including phenoxy) is 1. The molecule has 2 aromatic carbocycles. The van der Waals surface area contributed by atoms with Crippen LogP contribution in [0.25, 0.3) is 5.69 Å². The van der Waals surface area contributed by atoms with Crippen molar-refractivity contribution in [3.05, 3.63) is 107 Å². The van der Waals surface area contributed by atoms with E-state index in [9.17, 15) is 18.5 Å². The molecule has 0 radical (unpaired) electrons. The molecule has 200 valence electrons. The van der Waals surface area contributed by atoms with Gasteiger partial charge in [-0.2, -0.15) is 0 Å². The molecule has 2 aromatic heterocycles. The SMILES string of the molecule is COc1cc(N2C(=S)N[C@H](c3ccccn3)[C@@H]2c2cccn2-c2cccc([N+](=O)[O-])c2)ccc1NS(C)(=O)=O. The second kappa shape index (κ2) is 10.3. The van der Waals surface area contributed by atoms with Crippen molar-refractivity contribution < 1.29 is 18.1 Å². The van der Waals surface area contributed by atoms with Gasteiger partial charge in [0.25, 0.3) is 5.69 Å². The minimum Gasteiger partial charge on any atom is -0.494 e. The van der Waals surface area contributed by atoms with Gasteiger partial charge in [0, 0.05) is 42.0 Å². The predicted molar refractivity (Wildman–Crippen MR) is 152 cm³/mol. The number of pyridine rings is 1. The number of nitro benzene ring substituents is 1. The highest BCUT2D eigenvalue weighted by Crippen LogP contribution is 2.44. The number of nitrogens with one attached hydrogen (secondary N) is 2. The molecule has 0 unspecified atom stereocenters. The first kappa shape index (κ1) is 26.1. The van der Waals surface area contributed by atoms with Crippen LogP contribution in [-0.4, -0.2) is 41.4 Å². The van der Waals surface area contributed by atoms with E-state index in [-0.39, 0.29) is 11.7 Å². The zero-order valence-corrected chi connectivity index (χ0v) is 22.5. The average Bonchev–Trinajstić information content (AvgIpc) is 3.53. The van der Waals surface area contributed by atoms with Gasteiger partial charge in [-0.3, -0.25) is 19.8 Å². The maximum Gasteiger partial charge on any atom is 0.271 e. The minimum atomic E-state index is -3.53. The quantitative estimate of drug-likeness (QED) is 0.182. The van der Waals surface area contributed by atoms with Crippen molar-refractivity contribution in [3.8, 4) is 11.4 Å². The summed E-state index contributed by atoms with van der Waals surface area (Å²) in [7, 11) is -2.08. The summed E-state index contributed by atoms with van der Waals surface area (Å²) in [5, 5.41) is 15.3. The topological polar surface area (TPSA) is 132 Å². The molecule has 0 amide bonds. The van der Waals surface area contributed by atoms with Gasteiger partial charge < -0.3 is 19.5 Å². The van der Waals surface area contributed by atoms with Crippen molar-refractivity contribution in [2.45, 2.75) is 12.1 Å². The van der Waals surface area contributed by atoms with Gasteiger partial charge in [0.1, 0.15) is 11.8 Å². The van der Waals surface area contributed by atoms with Crippen molar-refractivity contribution in [3.63, 3.8) is 0 Å². The largest absolute Gasteiger partial charge is 0.494 e. The van der Waals surface area contributed by atoms with E-state index in [1.165, 1.54) is 19.2 Å². The number of benzene rings is 2. The lowest BCUT2D eigenvalue weighted by molar-refractivity contribution is -0.384. The zero-order chi connectivity index (χ0) is 27.7.